The van der Waals surface area contributed by atoms with Crippen molar-refractivity contribution in [1.82, 2.24) is 9.29 Å². The number of ether oxygens (including phenoxy) is 1. The molecule has 4 rings (SSSR count). The Kier molecular flexibility index (Phi) is 6.63. The normalized spacial score (nSPS) is 11.9. The molecule has 0 aliphatic heterocycles. The fourth-order valence-electron chi connectivity index (χ4n) is 3.66. The minimum Gasteiger partial charge on any atom is -0.497 e. The monoisotopic (exact) mass is 537 g/mol. The van der Waals surface area contributed by atoms with E-state index in [9.17, 15) is 26.4 Å². The van der Waals surface area contributed by atoms with Crippen LogP contribution in [0.1, 0.15) is 16.1 Å². The maximum Gasteiger partial charge on any atom is 0.416 e. The van der Waals surface area contributed by atoms with E-state index in [0.717, 1.165) is 12.1 Å². The minimum absolute atomic E-state index is 0.0257. The molecule has 2 N–H and O–H groups in total. The summed E-state index contributed by atoms with van der Waals surface area (Å²) in [5.41, 5.74) is 0.747. The molecule has 1 amide bonds. The number of alkyl halides is 3. The second kappa shape index (κ2) is 9.40. The second-order valence-electron chi connectivity index (χ2n) is 7.76. The number of nitrogens with one attached hydrogen (secondary N) is 2. The molecule has 1 aromatic heterocycles. The lowest BCUT2D eigenvalue weighted by atomic mass is 10.2. The van der Waals surface area contributed by atoms with Crippen LogP contribution in [0, 0.1) is 0 Å². The third-order valence-corrected chi connectivity index (χ3v) is 7.10. The summed E-state index contributed by atoms with van der Waals surface area (Å²) >= 11 is 6.37. The number of fused-ring (bicyclic) bond motifs is 1. The van der Waals surface area contributed by atoms with E-state index in [-0.39, 0.29) is 5.69 Å². The standard InChI is InChI=1S/C24H19ClF3N3O4S/c1-31-21(23(32)30-36(33,34)17-8-6-14(7-9-17)24(26,27)28)13-18-20(11-10-19(25)22(18)31)29-15-4-3-5-16(12-15)35-2/h3-13,29H,1-2H3,(H,30,32). The van der Waals surface area contributed by atoms with Gasteiger partial charge in [-0.25, -0.2) is 13.1 Å². The molecule has 0 spiro atoms. The summed E-state index contributed by atoms with van der Waals surface area (Å²) in [6, 6.07) is 14.8. The molecular formula is C24H19ClF3N3O4S. The SMILES string of the molecule is COc1cccc(Nc2ccc(Cl)c3c2cc(C(=O)NS(=O)(=O)c2ccc(C(F)(F)F)cc2)n3C)c1. The van der Waals surface area contributed by atoms with Crippen LogP contribution in [0.5, 0.6) is 5.75 Å². The van der Waals surface area contributed by atoms with Gasteiger partial charge in [-0.05, 0) is 54.6 Å². The summed E-state index contributed by atoms with van der Waals surface area (Å²) in [4.78, 5) is 12.5. The summed E-state index contributed by atoms with van der Waals surface area (Å²) in [6.07, 6.45) is -4.62. The Morgan fingerprint density at radius 3 is 2.36 bits per heavy atom. The van der Waals surface area contributed by atoms with Crippen LogP contribution >= 0.6 is 11.6 Å². The summed E-state index contributed by atoms with van der Waals surface area (Å²) in [5.74, 6) is -0.344. The molecule has 1 heterocycles. The number of rotatable bonds is 6. The van der Waals surface area contributed by atoms with Gasteiger partial charge in [0, 0.05) is 29.9 Å². The van der Waals surface area contributed by atoms with E-state index in [4.69, 9.17) is 16.3 Å². The molecule has 0 saturated carbocycles. The molecule has 0 unspecified atom stereocenters. The number of halogens is 4. The average Bonchev–Trinajstić information content (AvgIpc) is 3.19. The van der Waals surface area contributed by atoms with Gasteiger partial charge in [-0.2, -0.15) is 13.2 Å². The van der Waals surface area contributed by atoms with E-state index in [2.05, 4.69) is 5.32 Å². The van der Waals surface area contributed by atoms with Crippen molar-refractivity contribution in [2.24, 2.45) is 7.05 Å². The molecule has 4 aromatic rings. The van der Waals surface area contributed by atoms with Crippen molar-refractivity contribution in [2.75, 3.05) is 12.4 Å². The predicted molar refractivity (Wildman–Crippen MR) is 130 cm³/mol. The highest BCUT2D eigenvalue weighted by molar-refractivity contribution is 7.90. The molecule has 188 valence electrons. The average molecular weight is 538 g/mol. The topological polar surface area (TPSA) is 89.4 Å². The molecule has 3 aromatic carbocycles. The van der Waals surface area contributed by atoms with Crippen molar-refractivity contribution in [3.63, 3.8) is 0 Å². The molecule has 0 radical (unpaired) electrons. The quantitative estimate of drug-likeness (QED) is 0.328. The van der Waals surface area contributed by atoms with E-state index in [1.807, 2.05) is 10.8 Å². The third-order valence-electron chi connectivity index (χ3n) is 5.45. The number of carbonyl (C=O) groups is 1. The van der Waals surface area contributed by atoms with Crippen molar-refractivity contribution < 1.29 is 31.1 Å². The Hall–Kier alpha value is -3.70. The molecule has 0 fully saturated rings. The highest BCUT2D eigenvalue weighted by Crippen LogP contribution is 2.35. The fourth-order valence-corrected chi connectivity index (χ4v) is 4.91. The number of benzene rings is 3. The van der Waals surface area contributed by atoms with Crippen molar-refractivity contribution >= 4 is 49.8 Å². The van der Waals surface area contributed by atoms with Gasteiger partial charge < -0.3 is 14.6 Å². The number of hydrogen-bond acceptors (Lipinski definition) is 5. The summed E-state index contributed by atoms with van der Waals surface area (Å²) in [7, 11) is -1.36. The lowest BCUT2D eigenvalue weighted by Crippen LogP contribution is -2.31. The molecule has 36 heavy (non-hydrogen) atoms. The van der Waals surface area contributed by atoms with Gasteiger partial charge in [0.25, 0.3) is 15.9 Å². The first-order chi connectivity index (χ1) is 16.9. The summed E-state index contributed by atoms with van der Waals surface area (Å²) in [6.45, 7) is 0. The highest BCUT2D eigenvalue weighted by atomic mass is 35.5. The zero-order valence-electron chi connectivity index (χ0n) is 18.9. The van der Waals surface area contributed by atoms with E-state index in [1.54, 1.807) is 44.5 Å². The largest absolute Gasteiger partial charge is 0.497 e. The van der Waals surface area contributed by atoms with Gasteiger partial charge in [0.2, 0.25) is 0 Å². The maximum absolute atomic E-state index is 12.9. The van der Waals surface area contributed by atoms with Crippen molar-refractivity contribution in [3.8, 4) is 5.75 Å². The van der Waals surface area contributed by atoms with Crippen molar-refractivity contribution in [2.45, 2.75) is 11.1 Å². The Bertz CT molecular complexity index is 1570. The minimum atomic E-state index is -4.62. The van der Waals surface area contributed by atoms with E-state index < -0.39 is 32.6 Å². The molecule has 12 heteroatoms. The lowest BCUT2D eigenvalue weighted by Gasteiger charge is -2.11. The van der Waals surface area contributed by atoms with Gasteiger partial charge in [0.15, 0.2) is 0 Å². The number of anilines is 2. The third kappa shape index (κ3) is 4.98. The van der Waals surface area contributed by atoms with Crippen LogP contribution < -0.4 is 14.8 Å². The van der Waals surface area contributed by atoms with Gasteiger partial charge in [-0.1, -0.05) is 17.7 Å². The first-order valence-corrected chi connectivity index (χ1v) is 12.2. The molecule has 0 bridgehead atoms. The number of amides is 1. The van der Waals surface area contributed by atoms with E-state index in [0.29, 0.717) is 45.2 Å². The molecular weight excluding hydrogens is 519 g/mol. The summed E-state index contributed by atoms with van der Waals surface area (Å²) in [5, 5.41) is 4.10. The number of sulfonamides is 1. The van der Waals surface area contributed by atoms with E-state index in [1.165, 1.54) is 10.6 Å². The van der Waals surface area contributed by atoms with Crippen LogP contribution in [0.2, 0.25) is 5.02 Å². The first kappa shape index (κ1) is 25.4. The zero-order chi connectivity index (χ0) is 26.3. The van der Waals surface area contributed by atoms with Gasteiger partial charge in [-0.15, -0.1) is 0 Å². The molecule has 0 saturated heterocycles. The Balaban J connectivity index is 1.66. The predicted octanol–water partition coefficient (Wildman–Crippen LogP) is 5.72. The number of nitrogens with zero attached hydrogens (tertiary/aromatic N) is 1. The lowest BCUT2D eigenvalue weighted by molar-refractivity contribution is -0.137. The smallest absolute Gasteiger partial charge is 0.416 e. The Morgan fingerprint density at radius 1 is 1.03 bits per heavy atom. The van der Waals surface area contributed by atoms with Crippen LogP contribution in [0.3, 0.4) is 0 Å². The van der Waals surface area contributed by atoms with Gasteiger partial charge >= 0.3 is 6.18 Å². The van der Waals surface area contributed by atoms with Crippen LogP contribution in [0.15, 0.2) is 71.6 Å². The van der Waals surface area contributed by atoms with Gasteiger partial charge in [0.1, 0.15) is 11.4 Å². The number of hydrogen-bond donors (Lipinski definition) is 2. The van der Waals surface area contributed by atoms with Crippen LogP contribution in [-0.4, -0.2) is 26.0 Å². The van der Waals surface area contributed by atoms with Gasteiger partial charge in [-0.3, -0.25) is 4.79 Å². The zero-order valence-corrected chi connectivity index (χ0v) is 20.4. The van der Waals surface area contributed by atoms with Crippen LogP contribution in [0.4, 0.5) is 24.5 Å². The number of aromatic nitrogens is 1. The molecule has 0 aliphatic rings. The number of aryl methyl sites for hydroxylation is 1. The second-order valence-corrected chi connectivity index (χ2v) is 9.85. The van der Waals surface area contributed by atoms with Crippen molar-refractivity contribution in [1.29, 1.82) is 0 Å². The first-order valence-electron chi connectivity index (χ1n) is 10.3. The fraction of sp³-hybridized carbons (Fsp3) is 0.125. The highest BCUT2D eigenvalue weighted by Gasteiger charge is 2.31. The van der Waals surface area contributed by atoms with Crippen LogP contribution in [0.25, 0.3) is 10.9 Å². The number of carbonyl (C=O) groups excluding carboxylic acids is 1. The summed E-state index contributed by atoms with van der Waals surface area (Å²) < 4.78 is 72.3. The maximum atomic E-state index is 12.9. The Labute approximate surface area is 209 Å². The molecule has 7 nitrogen and oxygen atoms in total. The molecule has 0 aliphatic carbocycles. The van der Waals surface area contributed by atoms with E-state index >= 15 is 0 Å². The molecule has 0 atom stereocenters. The van der Waals surface area contributed by atoms with Gasteiger partial charge in [0.05, 0.1) is 28.1 Å². The van der Waals surface area contributed by atoms with Crippen LogP contribution in [-0.2, 0) is 23.2 Å². The number of methoxy groups -OCH3 is 1. The van der Waals surface area contributed by atoms with Crippen molar-refractivity contribution in [3.05, 3.63) is 83.0 Å². The Morgan fingerprint density at radius 2 is 1.72 bits per heavy atom.